The van der Waals surface area contributed by atoms with Crippen LogP contribution in [0.25, 0.3) is 10.1 Å². The van der Waals surface area contributed by atoms with Gasteiger partial charge in [-0.05, 0) is 48.4 Å². The second-order valence-electron chi connectivity index (χ2n) is 7.18. The van der Waals surface area contributed by atoms with Gasteiger partial charge in [0.15, 0.2) is 0 Å². The van der Waals surface area contributed by atoms with Crippen molar-refractivity contribution >= 4 is 27.3 Å². The molecule has 0 aliphatic heterocycles. The smallest absolute Gasteiger partial charge is 0.260 e. The van der Waals surface area contributed by atoms with E-state index in [1.165, 1.54) is 23.5 Å². The molecule has 2 aromatic heterocycles. The number of hydrogen-bond acceptors (Lipinski definition) is 4. The summed E-state index contributed by atoms with van der Waals surface area (Å²) in [5.41, 5.74) is 1.91. The quantitative estimate of drug-likeness (QED) is 0.484. The molecule has 5 nitrogen and oxygen atoms in total. The number of halogens is 1. The first kappa shape index (κ1) is 20.8. The van der Waals surface area contributed by atoms with Crippen LogP contribution in [-0.4, -0.2) is 17.6 Å². The Morgan fingerprint density at radius 3 is 2.42 bits per heavy atom. The Bertz CT molecular complexity index is 1290. The van der Waals surface area contributed by atoms with Crippen LogP contribution in [0.5, 0.6) is 5.75 Å². The Balaban J connectivity index is 1.61. The zero-order valence-corrected chi connectivity index (χ0v) is 18.0. The topological polar surface area (TPSA) is 60.3 Å². The molecule has 0 spiro atoms. The average Bonchev–Trinajstić information content (AvgIpc) is 3.12. The Morgan fingerprint density at radius 2 is 1.74 bits per heavy atom. The van der Waals surface area contributed by atoms with Crippen molar-refractivity contribution < 1.29 is 13.9 Å². The molecule has 2 heterocycles. The molecule has 7 heteroatoms. The maximum Gasteiger partial charge on any atom is 0.260 e. The highest BCUT2D eigenvalue weighted by atomic mass is 32.1. The molecule has 0 saturated heterocycles. The number of aryl methyl sites for hydroxylation is 1. The number of carbonyl (C=O) groups is 1. The molecule has 0 unspecified atom stereocenters. The number of thiophene rings is 1. The van der Waals surface area contributed by atoms with Crippen LogP contribution in [0.3, 0.4) is 0 Å². The number of fused-ring (bicyclic) bond motifs is 1. The monoisotopic (exact) mass is 436 g/mol. The van der Waals surface area contributed by atoms with E-state index >= 15 is 0 Å². The fourth-order valence-electron chi connectivity index (χ4n) is 3.46. The average molecular weight is 437 g/mol. The Morgan fingerprint density at radius 1 is 1.06 bits per heavy atom. The van der Waals surface area contributed by atoms with Crippen molar-refractivity contribution in [1.82, 2.24) is 9.88 Å². The van der Waals surface area contributed by atoms with Gasteiger partial charge in [-0.25, -0.2) is 4.39 Å². The summed E-state index contributed by atoms with van der Waals surface area (Å²) in [6, 6.07) is 15.3. The fourth-order valence-corrected chi connectivity index (χ4v) is 4.51. The summed E-state index contributed by atoms with van der Waals surface area (Å²) in [7, 11) is 1.60. The molecule has 0 fully saturated rings. The zero-order chi connectivity index (χ0) is 22.0. The molecule has 0 aliphatic carbocycles. The van der Waals surface area contributed by atoms with E-state index in [4.69, 9.17) is 4.74 Å². The van der Waals surface area contributed by atoms with Gasteiger partial charge in [0.05, 0.1) is 24.6 Å². The zero-order valence-electron chi connectivity index (χ0n) is 17.1. The van der Waals surface area contributed by atoms with E-state index in [0.717, 1.165) is 26.5 Å². The molecule has 2 aromatic carbocycles. The third kappa shape index (κ3) is 4.36. The van der Waals surface area contributed by atoms with E-state index in [0.29, 0.717) is 24.0 Å². The van der Waals surface area contributed by atoms with Gasteiger partial charge in [0.2, 0.25) is 0 Å². The van der Waals surface area contributed by atoms with Gasteiger partial charge in [-0.15, -0.1) is 11.3 Å². The number of benzene rings is 2. The lowest BCUT2D eigenvalue weighted by molar-refractivity contribution is 0.0952. The summed E-state index contributed by atoms with van der Waals surface area (Å²) < 4.78 is 20.6. The largest absolute Gasteiger partial charge is 0.497 e. The highest BCUT2D eigenvalue weighted by Crippen LogP contribution is 2.28. The number of hydrogen-bond donors (Lipinski definition) is 1. The summed E-state index contributed by atoms with van der Waals surface area (Å²) in [5.74, 6) is 0.142. The molecular formula is C24H21FN2O3S. The van der Waals surface area contributed by atoms with Gasteiger partial charge in [0, 0.05) is 22.3 Å². The van der Waals surface area contributed by atoms with Crippen molar-refractivity contribution in [1.29, 1.82) is 0 Å². The number of aromatic nitrogens is 1. The summed E-state index contributed by atoms with van der Waals surface area (Å²) in [4.78, 5) is 27.0. The van der Waals surface area contributed by atoms with Gasteiger partial charge >= 0.3 is 0 Å². The molecule has 4 rings (SSSR count). The van der Waals surface area contributed by atoms with E-state index in [1.807, 2.05) is 37.3 Å². The van der Waals surface area contributed by atoms with Gasteiger partial charge in [0.1, 0.15) is 11.6 Å². The summed E-state index contributed by atoms with van der Waals surface area (Å²) in [6.07, 6.45) is 1.71. The first-order chi connectivity index (χ1) is 15.0. The van der Waals surface area contributed by atoms with Crippen molar-refractivity contribution in [3.63, 3.8) is 0 Å². The lowest BCUT2D eigenvalue weighted by Crippen LogP contribution is -2.26. The third-order valence-electron chi connectivity index (χ3n) is 5.10. The second-order valence-corrected chi connectivity index (χ2v) is 8.43. The van der Waals surface area contributed by atoms with Crippen LogP contribution in [0, 0.1) is 12.7 Å². The normalized spacial score (nSPS) is 10.9. The van der Waals surface area contributed by atoms with Crippen LogP contribution in [0.1, 0.15) is 26.4 Å². The van der Waals surface area contributed by atoms with E-state index in [9.17, 15) is 14.0 Å². The molecule has 158 valence electrons. The summed E-state index contributed by atoms with van der Waals surface area (Å²) in [5, 5.41) is 3.33. The Kier molecular flexibility index (Phi) is 5.86. The number of amides is 1. The van der Waals surface area contributed by atoms with Crippen molar-refractivity contribution in [3.05, 3.63) is 98.5 Å². The van der Waals surface area contributed by atoms with E-state index in [1.54, 1.807) is 30.0 Å². The summed E-state index contributed by atoms with van der Waals surface area (Å²) in [6.45, 7) is 2.49. The number of ether oxygens (including phenoxy) is 1. The fraction of sp³-hybridized carbons (Fsp3) is 0.167. The highest BCUT2D eigenvalue weighted by Gasteiger charge is 2.20. The van der Waals surface area contributed by atoms with Gasteiger partial charge in [-0.3, -0.25) is 9.59 Å². The lowest BCUT2D eigenvalue weighted by Gasteiger charge is -2.09. The SMILES string of the molecule is COc1ccc(CNC(=O)c2c(C)sc3ccn(Cc4ccc(F)cc4)c(=O)c23)cc1. The molecule has 4 aromatic rings. The summed E-state index contributed by atoms with van der Waals surface area (Å²) >= 11 is 1.42. The first-order valence-corrected chi connectivity index (χ1v) is 10.6. The minimum Gasteiger partial charge on any atom is -0.497 e. The number of methoxy groups -OCH3 is 1. The molecule has 0 atom stereocenters. The van der Waals surface area contributed by atoms with Gasteiger partial charge in [-0.2, -0.15) is 0 Å². The van der Waals surface area contributed by atoms with Gasteiger partial charge in [0.25, 0.3) is 11.5 Å². The second kappa shape index (κ2) is 8.73. The number of carbonyl (C=O) groups excluding carboxylic acids is 1. The van der Waals surface area contributed by atoms with Crippen molar-refractivity contribution in [2.45, 2.75) is 20.0 Å². The van der Waals surface area contributed by atoms with E-state index in [-0.39, 0.29) is 17.3 Å². The molecule has 0 aliphatic rings. The number of rotatable bonds is 6. The predicted octanol–water partition coefficient (Wildman–Crippen LogP) is 4.50. The number of pyridine rings is 1. The van der Waals surface area contributed by atoms with Crippen LogP contribution in [-0.2, 0) is 13.1 Å². The Hall–Kier alpha value is -3.45. The maximum atomic E-state index is 13.2. The van der Waals surface area contributed by atoms with E-state index in [2.05, 4.69) is 5.32 Å². The van der Waals surface area contributed by atoms with E-state index < -0.39 is 0 Å². The first-order valence-electron chi connectivity index (χ1n) is 9.74. The van der Waals surface area contributed by atoms with Crippen molar-refractivity contribution in [2.75, 3.05) is 7.11 Å². The molecule has 0 radical (unpaired) electrons. The van der Waals surface area contributed by atoms with Crippen LogP contribution in [0.4, 0.5) is 4.39 Å². The van der Waals surface area contributed by atoms with Gasteiger partial charge in [-0.1, -0.05) is 24.3 Å². The van der Waals surface area contributed by atoms with Crippen molar-refractivity contribution in [2.24, 2.45) is 0 Å². The maximum absolute atomic E-state index is 13.2. The predicted molar refractivity (Wildman–Crippen MR) is 120 cm³/mol. The minimum absolute atomic E-state index is 0.235. The molecule has 0 saturated carbocycles. The van der Waals surface area contributed by atoms with Crippen LogP contribution >= 0.6 is 11.3 Å². The molecule has 31 heavy (non-hydrogen) atoms. The lowest BCUT2D eigenvalue weighted by atomic mass is 10.1. The van der Waals surface area contributed by atoms with Gasteiger partial charge < -0.3 is 14.6 Å². The standard InChI is InChI=1S/C24H21FN2O3S/c1-15-21(23(28)26-13-16-5-9-19(30-2)10-6-16)22-20(31-15)11-12-27(24(22)29)14-17-3-7-18(25)8-4-17/h3-12H,13-14H2,1-2H3,(H,26,28). The van der Waals surface area contributed by atoms with Crippen LogP contribution in [0.15, 0.2) is 65.6 Å². The molecule has 1 amide bonds. The van der Waals surface area contributed by atoms with Crippen LogP contribution < -0.4 is 15.6 Å². The molecular weight excluding hydrogens is 415 g/mol. The highest BCUT2D eigenvalue weighted by molar-refractivity contribution is 7.19. The van der Waals surface area contributed by atoms with Crippen LogP contribution in [0.2, 0.25) is 0 Å². The number of nitrogens with one attached hydrogen (secondary N) is 1. The third-order valence-corrected chi connectivity index (χ3v) is 6.17. The molecule has 0 bridgehead atoms. The Labute approximate surface area is 182 Å². The van der Waals surface area contributed by atoms with Crippen molar-refractivity contribution in [3.8, 4) is 5.75 Å². The number of nitrogens with zero attached hydrogens (tertiary/aromatic N) is 1. The minimum atomic E-state index is -0.323. The molecule has 1 N–H and O–H groups in total.